The molecule has 0 unspecified atom stereocenters. The molecule has 0 fully saturated rings. The van der Waals surface area contributed by atoms with E-state index in [1.165, 1.54) is 32.7 Å². The second kappa shape index (κ2) is 4.22. The SMILES string of the molecule is Cc1cc2c(S)c3ccccc3c(S)c2cc1C. The fraction of sp³-hybridized carbons (Fsp3) is 0.125. The first-order chi connectivity index (χ1) is 8.59. The Morgan fingerprint density at radius 1 is 0.667 bits per heavy atom. The molecule has 0 saturated heterocycles. The maximum atomic E-state index is 4.71. The summed E-state index contributed by atoms with van der Waals surface area (Å²) in [5, 5.41) is 4.71. The van der Waals surface area contributed by atoms with Crippen LogP contribution >= 0.6 is 25.3 Å². The van der Waals surface area contributed by atoms with E-state index in [1.807, 2.05) is 12.1 Å². The molecule has 3 aromatic rings. The average Bonchev–Trinajstić information content (AvgIpc) is 2.38. The van der Waals surface area contributed by atoms with Crippen LogP contribution in [-0.2, 0) is 0 Å². The average molecular weight is 270 g/mol. The lowest BCUT2D eigenvalue weighted by Gasteiger charge is -2.12. The van der Waals surface area contributed by atoms with Crippen LogP contribution in [-0.4, -0.2) is 0 Å². The van der Waals surface area contributed by atoms with Crippen molar-refractivity contribution in [3.8, 4) is 0 Å². The Hall–Kier alpha value is -1.12. The van der Waals surface area contributed by atoms with Gasteiger partial charge < -0.3 is 0 Å². The van der Waals surface area contributed by atoms with Crippen molar-refractivity contribution in [1.29, 1.82) is 0 Å². The third-order valence-electron chi connectivity index (χ3n) is 3.58. The number of rotatable bonds is 0. The Labute approximate surface area is 118 Å². The molecule has 0 bridgehead atoms. The minimum atomic E-state index is 1.04. The summed E-state index contributed by atoms with van der Waals surface area (Å²) < 4.78 is 0. The smallest absolute Gasteiger partial charge is 0.0198 e. The molecule has 0 N–H and O–H groups in total. The van der Waals surface area contributed by atoms with Crippen LogP contribution in [0.15, 0.2) is 46.2 Å². The summed E-state index contributed by atoms with van der Waals surface area (Å²) in [4.78, 5) is 2.09. The summed E-state index contributed by atoms with van der Waals surface area (Å²) in [6.45, 7) is 4.27. The van der Waals surface area contributed by atoms with E-state index in [0.29, 0.717) is 0 Å². The Kier molecular flexibility index (Phi) is 2.80. The molecule has 0 spiro atoms. The highest BCUT2D eigenvalue weighted by atomic mass is 32.1. The maximum absolute atomic E-state index is 4.71. The highest BCUT2D eigenvalue weighted by molar-refractivity contribution is 7.81. The summed E-state index contributed by atoms with van der Waals surface area (Å²) >= 11 is 9.42. The van der Waals surface area contributed by atoms with E-state index in [1.54, 1.807) is 0 Å². The van der Waals surface area contributed by atoms with Gasteiger partial charge in [0.2, 0.25) is 0 Å². The zero-order valence-corrected chi connectivity index (χ0v) is 12.1. The van der Waals surface area contributed by atoms with Crippen molar-refractivity contribution in [2.75, 3.05) is 0 Å². The van der Waals surface area contributed by atoms with Gasteiger partial charge in [-0.1, -0.05) is 24.3 Å². The summed E-state index contributed by atoms with van der Waals surface area (Å²) in [7, 11) is 0. The van der Waals surface area contributed by atoms with E-state index in [-0.39, 0.29) is 0 Å². The third-order valence-corrected chi connectivity index (χ3v) is 4.55. The zero-order valence-electron chi connectivity index (χ0n) is 10.4. The first-order valence-electron chi connectivity index (χ1n) is 5.93. The molecule has 3 rings (SSSR count). The van der Waals surface area contributed by atoms with Crippen LogP contribution < -0.4 is 0 Å². The molecular formula is C16H14S2. The van der Waals surface area contributed by atoms with Gasteiger partial charge in [-0.3, -0.25) is 0 Å². The van der Waals surface area contributed by atoms with Gasteiger partial charge in [0.1, 0.15) is 0 Å². The minimum Gasteiger partial charge on any atom is -0.142 e. The predicted molar refractivity (Wildman–Crippen MR) is 85.4 cm³/mol. The molecular weight excluding hydrogens is 256 g/mol. The second-order valence-electron chi connectivity index (χ2n) is 4.72. The van der Waals surface area contributed by atoms with E-state index in [0.717, 1.165) is 9.79 Å². The van der Waals surface area contributed by atoms with E-state index < -0.39 is 0 Å². The number of hydrogen-bond acceptors (Lipinski definition) is 2. The van der Waals surface area contributed by atoms with Gasteiger partial charge in [0, 0.05) is 9.79 Å². The highest BCUT2D eigenvalue weighted by Crippen LogP contribution is 2.37. The van der Waals surface area contributed by atoms with Gasteiger partial charge in [0.05, 0.1) is 0 Å². The largest absolute Gasteiger partial charge is 0.142 e. The molecule has 0 radical (unpaired) electrons. The van der Waals surface area contributed by atoms with Crippen molar-refractivity contribution in [2.24, 2.45) is 0 Å². The Balaban J connectivity index is 2.62. The summed E-state index contributed by atoms with van der Waals surface area (Å²) in [5.74, 6) is 0. The van der Waals surface area contributed by atoms with Crippen LogP contribution in [0.25, 0.3) is 21.5 Å². The van der Waals surface area contributed by atoms with E-state index >= 15 is 0 Å². The minimum absolute atomic E-state index is 1.04. The Morgan fingerprint density at radius 3 is 1.44 bits per heavy atom. The highest BCUT2D eigenvalue weighted by Gasteiger charge is 2.10. The lowest BCUT2D eigenvalue weighted by molar-refractivity contribution is 1.35. The topological polar surface area (TPSA) is 0 Å². The summed E-state index contributed by atoms with van der Waals surface area (Å²) in [6, 6.07) is 12.7. The van der Waals surface area contributed by atoms with Crippen molar-refractivity contribution < 1.29 is 0 Å². The molecule has 90 valence electrons. The van der Waals surface area contributed by atoms with Gasteiger partial charge in [0.15, 0.2) is 0 Å². The molecule has 0 aliphatic heterocycles. The van der Waals surface area contributed by atoms with Crippen molar-refractivity contribution in [2.45, 2.75) is 23.6 Å². The lowest BCUT2D eigenvalue weighted by atomic mass is 9.99. The molecule has 0 atom stereocenters. The summed E-state index contributed by atoms with van der Waals surface area (Å²) in [5.41, 5.74) is 2.58. The Morgan fingerprint density at radius 2 is 1.06 bits per heavy atom. The lowest BCUT2D eigenvalue weighted by Crippen LogP contribution is -1.87. The zero-order chi connectivity index (χ0) is 12.9. The van der Waals surface area contributed by atoms with Crippen LogP contribution in [0.1, 0.15) is 11.1 Å². The number of hydrogen-bond donors (Lipinski definition) is 2. The fourth-order valence-corrected chi connectivity index (χ4v) is 3.15. The van der Waals surface area contributed by atoms with Gasteiger partial charge in [-0.05, 0) is 58.7 Å². The number of fused-ring (bicyclic) bond motifs is 2. The molecule has 0 saturated carbocycles. The first-order valence-corrected chi connectivity index (χ1v) is 6.82. The predicted octanol–water partition coefficient (Wildman–Crippen LogP) is 5.19. The van der Waals surface area contributed by atoms with Crippen molar-refractivity contribution in [3.05, 3.63) is 47.5 Å². The van der Waals surface area contributed by atoms with Gasteiger partial charge in [-0.25, -0.2) is 0 Å². The van der Waals surface area contributed by atoms with Crippen molar-refractivity contribution >= 4 is 46.8 Å². The van der Waals surface area contributed by atoms with Crippen molar-refractivity contribution in [1.82, 2.24) is 0 Å². The van der Waals surface area contributed by atoms with Gasteiger partial charge >= 0.3 is 0 Å². The van der Waals surface area contributed by atoms with E-state index in [9.17, 15) is 0 Å². The Bertz CT molecular complexity index is 707. The standard InChI is InChI=1S/C16H14S2/c1-9-7-13-14(8-10(9)2)16(18)12-6-4-3-5-11(12)15(13)17/h3-8,17-18H,1-2H3. The van der Waals surface area contributed by atoms with Crippen LogP contribution in [0.2, 0.25) is 0 Å². The number of aryl methyl sites for hydroxylation is 2. The molecule has 0 aliphatic rings. The van der Waals surface area contributed by atoms with Gasteiger partial charge in [-0.15, -0.1) is 25.3 Å². The van der Waals surface area contributed by atoms with E-state index in [4.69, 9.17) is 25.3 Å². The molecule has 0 aromatic heterocycles. The quantitative estimate of drug-likeness (QED) is 0.408. The van der Waals surface area contributed by atoms with Crippen LogP contribution in [0.5, 0.6) is 0 Å². The number of benzene rings is 3. The molecule has 0 nitrogen and oxygen atoms in total. The maximum Gasteiger partial charge on any atom is 0.0198 e. The van der Waals surface area contributed by atoms with Crippen molar-refractivity contribution in [3.63, 3.8) is 0 Å². The van der Waals surface area contributed by atoms with Crippen LogP contribution in [0.3, 0.4) is 0 Å². The second-order valence-corrected chi connectivity index (χ2v) is 5.62. The number of thiol groups is 2. The molecule has 3 aromatic carbocycles. The molecule has 0 aliphatic carbocycles. The van der Waals surface area contributed by atoms with Gasteiger partial charge in [-0.2, -0.15) is 0 Å². The normalized spacial score (nSPS) is 11.3. The molecule has 2 heteroatoms. The monoisotopic (exact) mass is 270 g/mol. The molecule has 0 amide bonds. The first kappa shape index (κ1) is 11.9. The van der Waals surface area contributed by atoms with Crippen LogP contribution in [0, 0.1) is 13.8 Å². The van der Waals surface area contributed by atoms with E-state index in [2.05, 4.69) is 38.1 Å². The molecule has 18 heavy (non-hydrogen) atoms. The molecule has 0 heterocycles. The van der Waals surface area contributed by atoms with Gasteiger partial charge in [0.25, 0.3) is 0 Å². The fourth-order valence-electron chi connectivity index (χ4n) is 2.39. The van der Waals surface area contributed by atoms with Crippen LogP contribution in [0.4, 0.5) is 0 Å². The third kappa shape index (κ3) is 1.63. The summed E-state index contributed by atoms with van der Waals surface area (Å²) in [6.07, 6.45) is 0.